The summed E-state index contributed by atoms with van der Waals surface area (Å²) in [5, 5.41) is 11.6. The molecular formula is C19H24F3NO3S. The fraction of sp³-hybridized carbons (Fsp3) is 0.632. The molecule has 3 rings (SSSR count). The summed E-state index contributed by atoms with van der Waals surface area (Å²) in [5.74, 6) is 0. The Kier molecular flexibility index (Phi) is 5.84. The number of rotatable bonds is 4. The fourth-order valence-electron chi connectivity index (χ4n) is 4.04. The van der Waals surface area contributed by atoms with Crippen molar-refractivity contribution in [1.29, 1.82) is 0 Å². The van der Waals surface area contributed by atoms with Gasteiger partial charge in [-0.15, -0.1) is 0 Å². The summed E-state index contributed by atoms with van der Waals surface area (Å²) >= 11 is 0. The summed E-state index contributed by atoms with van der Waals surface area (Å²) < 4.78 is 66.8. The molecule has 0 atom stereocenters. The molecule has 1 aromatic carbocycles. The maximum Gasteiger partial charge on any atom is 0.417 e. The molecule has 0 unspecified atom stereocenters. The molecular weight excluding hydrogens is 379 g/mol. The van der Waals surface area contributed by atoms with Gasteiger partial charge in [-0.2, -0.15) is 13.2 Å². The van der Waals surface area contributed by atoms with Crippen molar-refractivity contribution in [2.45, 2.75) is 80.2 Å². The number of nitrogens with zero attached hydrogens (tertiary/aromatic N) is 1. The van der Waals surface area contributed by atoms with Crippen LogP contribution in [0.15, 0.2) is 23.1 Å². The van der Waals surface area contributed by atoms with Crippen molar-refractivity contribution in [2.75, 3.05) is 0 Å². The summed E-state index contributed by atoms with van der Waals surface area (Å²) in [5.41, 5.74) is -1.36. The monoisotopic (exact) mass is 403 g/mol. The second-order valence-corrected chi connectivity index (χ2v) is 9.71. The molecule has 2 saturated carbocycles. The Morgan fingerprint density at radius 2 is 1.59 bits per heavy atom. The summed E-state index contributed by atoms with van der Waals surface area (Å²) in [6, 6.07) is 2.70. The van der Waals surface area contributed by atoms with Gasteiger partial charge in [0.05, 0.1) is 21.3 Å². The van der Waals surface area contributed by atoms with Crippen LogP contribution in [0.1, 0.15) is 68.9 Å². The highest BCUT2D eigenvalue weighted by Crippen LogP contribution is 2.35. The first kappa shape index (κ1) is 20.2. The smallest absolute Gasteiger partial charge is 0.417 e. The minimum atomic E-state index is -4.74. The number of hydroxylamine groups is 1. The maximum atomic E-state index is 13.6. The van der Waals surface area contributed by atoms with Crippen molar-refractivity contribution in [3.63, 3.8) is 0 Å². The van der Waals surface area contributed by atoms with Crippen molar-refractivity contribution in [1.82, 2.24) is 0 Å². The SMILES string of the molecule is O=S(=O)(c1ccc(/C=[N+](\[O-])C2CCCC2)c(C(F)(F)F)c1)C1CCCCC1. The molecule has 0 N–H and O–H groups in total. The molecule has 0 amide bonds. The van der Waals surface area contributed by atoms with Crippen LogP contribution in [-0.4, -0.2) is 30.7 Å². The number of hydrogen-bond acceptors (Lipinski definition) is 3. The predicted molar refractivity (Wildman–Crippen MR) is 96.6 cm³/mol. The largest absolute Gasteiger partial charge is 0.624 e. The molecule has 0 spiro atoms. The molecule has 0 heterocycles. The van der Waals surface area contributed by atoms with Crippen molar-refractivity contribution in [2.24, 2.45) is 0 Å². The van der Waals surface area contributed by atoms with Gasteiger partial charge in [-0.3, -0.25) is 0 Å². The van der Waals surface area contributed by atoms with Crippen molar-refractivity contribution in [3.8, 4) is 0 Å². The Morgan fingerprint density at radius 3 is 2.19 bits per heavy atom. The van der Waals surface area contributed by atoms with Crippen LogP contribution in [0.2, 0.25) is 0 Å². The normalized spacial score (nSPS) is 20.9. The van der Waals surface area contributed by atoms with Gasteiger partial charge in [0.25, 0.3) is 0 Å². The van der Waals surface area contributed by atoms with Gasteiger partial charge in [0, 0.05) is 12.8 Å². The van der Waals surface area contributed by atoms with E-state index in [2.05, 4.69) is 0 Å². The Balaban J connectivity index is 1.98. The van der Waals surface area contributed by atoms with Gasteiger partial charge in [-0.25, -0.2) is 13.2 Å². The first-order chi connectivity index (χ1) is 12.7. The number of hydrogen-bond donors (Lipinski definition) is 0. The van der Waals surface area contributed by atoms with E-state index in [1.807, 2.05) is 0 Å². The van der Waals surface area contributed by atoms with E-state index in [1.165, 1.54) is 6.07 Å². The predicted octanol–water partition coefficient (Wildman–Crippen LogP) is 4.68. The Morgan fingerprint density at radius 1 is 1.00 bits per heavy atom. The highest BCUT2D eigenvalue weighted by atomic mass is 32.2. The first-order valence-corrected chi connectivity index (χ1v) is 11.0. The molecule has 4 nitrogen and oxygen atoms in total. The zero-order valence-corrected chi connectivity index (χ0v) is 15.9. The van der Waals surface area contributed by atoms with E-state index in [1.54, 1.807) is 0 Å². The molecule has 8 heteroatoms. The molecule has 2 aliphatic rings. The van der Waals surface area contributed by atoms with Gasteiger partial charge >= 0.3 is 6.18 Å². The third-order valence-electron chi connectivity index (χ3n) is 5.60. The van der Waals surface area contributed by atoms with E-state index in [-0.39, 0.29) is 16.5 Å². The van der Waals surface area contributed by atoms with Gasteiger partial charge in [0.2, 0.25) is 0 Å². The zero-order valence-electron chi connectivity index (χ0n) is 15.0. The van der Waals surface area contributed by atoms with Crippen LogP contribution in [0.4, 0.5) is 13.2 Å². The molecule has 0 aliphatic heterocycles. The van der Waals surface area contributed by atoms with Crippen molar-refractivity contribution < 1.29 is 26.3 Å². The Hall–Kier alpha value is -1.57. The second kappa shape index (κ2) is 7.81. The van der Waals surface area contributed by atoms with Crippen LogP contribution in [0, 0.1) is 5.21 Å². The molecule has 150 valence electrons. The van der Waals surface area contributed by atoms with Crippen LogP contribution in [-0.2, 0) is 16.0 Å². The molecule has 27 heavy (non-hydrogen) atoms. The molecule has 2 fully saturated rings. The van der Waals surface area contributed by atoms with Crippen molar-refractivity contribution in [3.05, 3.63) is 34.5 Å². The Labute approximate surface area is 157 Å². The summed E-state index contributed by atoms with van der Waals surface area (Å²) in [7, 11) is -3.81. The topological polar surface area (TPSA) is 60.2 Å². The van der Waals surface area contributed by atoms with Crippen LogP contribution in [0.25, 0.3) is 0 Å². The van der Waals surface area contributed by atoms with E-state index < -0.39 is 26.8 Å². The van der Waals surface area contributed by atoms with Gasteiger partial charge in [-0.05, 0) is 43.9 Å². The van der Waals surface area contributed by atoms with Crippen molar-refractivity contribution >= 4 is 16.1 Å². The van der Waals surface area contributed by atoms with Gasteiger partial charge in [-0.1, -0.05) is 19.3 Å². The highest BCUT2D eigenvalue weighted by molar-refractivity contribution is 7.92. The van der Waals surface area contributed by atoms with E-state index in [0.29, 0.717) is 36.5 Å². The molecule has 1 aromatic rings. The summed E-state index contributed by atoms with van der Waals surface area (Å²) in [4.78, 5) is -0.308. The van der Waals surface area contributed by atoms with E-state index in [4.69, 9.17) is 0 Å². The number of halogens is 3. The van der Waals surface area contributed by atoms with Crippen LogP contribution >= 0.6 is 0 Å². The molecule has 0 saturated heterocycles. The van der Waals surface area contributed by atoms with Crippen LogP contribution in [0.5, 0.6) is 0 Å². The Bertz CT molecular complexity index is 806. The lowest BCUT2D eigenvalue weighted by molar-refractivity contribution is -0.494. The molecule has 0 radical (unpaired) electrons. The van der Waals surface area contributed by atoms with Gasteiger partial charge in [0.15, 0.2) is 22.1 Å². The van der Waals surface area contributed by atoms with E-state index in [0.717, 1.165) is 44.4 Å². The number of alkyl halides is 3. The molecule has 0 bridgehead atoms. The average molecular weight is 403 g/mol. The van der Waals surface area contributed by atoms with Crippen LogP contribution in [0.3, 0.4) is 0 Å². The summed E-state index contributed by atoms with van der Waals surface area (Å²) in [6.45, 7) is 0. The third kappa shape index (κ3) is 4.47. The lowest BCUT2D eigenvalue weighted by Crippen LogP contribution is -2.25. The fourth-order valence-corrected chi connectivity index (χ4v) is 5.92. The standard InChI is InChI=1S/C19H24F3NO3S/c20-19(21,22)18-12-17(27(25,26)16-8-2-1-3-9-16)11-10-14(18)13-23(24)15-6-4-5-7-15/h10-13,15-16H,1-9H2/b23-13-. The lowest BCUT2D eigenvalue weighted by atomic mass is 10.0. The number of sulfone groups is 1. The minimum Gasteiger partial charge on any atom is -0.624 e. The maximum absolute atomic E-state index is 13.6. The van der Waals surface area contributed by atoms with E-state index >= 15 is 0 Å². The first-order valence-electron chi connectivity index (χ1n) is 9.45. The minimum absolute atomic E-state index is 0.285. The second-order valence-electron chi connectivity index (χ2n) is 7.48. The number of benzene rings is 1. The highest BCUT2D eigenvalue weighted by Gasteiger charge is 2.37. The quantitative estimate of drug-likeness (QED) is 0.317. The van der Waals surface area contributed by atoms with Crippen LogP contribution < -0.4 is 0 Å². The van der Waals surface area contributed by atoms with Gasteiger partial charge < -0.3 is 5.21 Å². The molecule has 0 aromatic heterocycles. The third-order valence-corrected chi connectivity index (χ3v) is 7.86. The zero-order chi connectivity index (χ0) is 19.7. The van der Waals surface area contributed by atoms with Gasteiger partial charge in [0.1, 0.15) is 0 Å². The average Bonchev–Trinajstić information content (AvgIpc) is 3.16. The van der Waals surface area contributed by atoms with E-state index in [9.17, 15) is 26.8 Å². The summed E-state index contributed by atoms with van der Waals surface area (Å²) in [6.07, 6.45) is 2.78. The molecule has 2 aliphatic carbocycles. The lowest BCUT2D eigenvalue weighted by Gasteiger charge is -2.22.